The van der Waals surface area contributed by atoms with Crippen molar-refractivity contribution in [3.8, 4) is 11.4 Å². The van der Waals surface area contributed by atoms with Crippen molar-refractivity contribution in [3.63, 3.8) is 0 Å². The number of nitrogens with one attached hydrogen (secondary N) is 2. The molecule has 2 atom stereocenters. The van der Waals surface area contributed by atoms with Gasteiger partial charge in [0, 0.05) is 12.3 Å². The van der Waals surface area contributed by atoms with Crippen LogP contribution in [-0.4, -0.2) is 33.8 Å². The molecule has 2 heterocycles. The fourth-order valence-corrected chi connectivity index (χ4v) is 2.90. The number of hydrogen-bond acceptors (Lipinski definition) is 4. The third kappa shape index (κ3) is 3.24. The molecule has 3 rings (SSSR count). The van der Waals surface area contributed by atoms with Crippen molar-refractivity contribution in [2.75, 3.05) is 11.9 Å². The normalized spacial score (nSPS) is 20.9. The summed E-state index contributed by atoms with van der Waals surface area (Å²) in [6, 6.07) is 4.39. The molecule has 23 heavy (non-hydrogen) atoms. The number of nitrogens with zero attached hydrogens (tertiary/aromatic N) is 2. The van der Waals surface area contributed by atoms with E-state index in [4.69, 9.17) is 4.74 Å². The standard InChI is InChI=1S/C16H19FN4O2/c1-9(2)14-11(5-6-23-14)16(22)20-10-3-4-13(17)12(7-10)15-18-8-19-21-15/h3-4,7-9,11,14H,5-6H2,1-2H3,(H,20,22)(H,18,19,21). The van der Waals surface area contributed by atoms with Crippen LogP contribution in [0.2, 0.25) is 0 Å². The Bertz CT molecular complexity index is 687. The first-order valence-electron chi connectivity index (χ1n) is 7.64. The predicted molar refractivity (Wildman–Crippen MR) is 83.1 cm³/mol. The lowest BCUT2D eigenvalue weighted by atomic mass is 9.92. The van der Waals surface area contributed by atoms with E-state index in [9.17, 15) is 9.18 Å². The maximum atomic E-state index is 13.9. The lowest BCUT2D eigenvalue weighted by Crippen LogP contribution is -2.32. The summed E-state index contributed by atoms with van der Waals surface area (Å²) in [6.45, 7) is 4.67. The van der Waals surface area contributed by atoms with Gasteiger partial charge in [0.1, 0.15) is 12.1 Å². The first-order valence-corrected chi connectivity index (χ1v) is 7.64. The van der Waals surface area contributed by atoms with Crippen LogP contribution < -0.4 is 5.32 Å². The van der Waals surface area contributed by atoms with Crippen LogP contribution in [-0.2, 0) is 9.53 Å². The molecule has 1 aliphatic heterocycles. The molecule has 0 aliphatic carbocycles. The molecular formula is C16H19FN4O2. The predicted octanol–water partition coefficient (Wildman–Crippen LogP) is 2.61. The van der Waals surface area contributed by atoms with Crippen molar-refractivity contribution >= 4 is 11.6 Å². The zero-order valence-corrected chi connectivity index (χ0v) is 13.0. The lowest BCUT2D eigenvalue weighted by molar-refractivity contribution is -0.122. The average molecular weight is 318 g/mol. The van der Waals surface area contributed by atoms with Crippen LogP contribution in [0, 0.1) is 17.7 Å². The molecule has 7 heteroatoms. The number of aromatic nitrogens is 3. The minimum atomic E-state index is -0.427. The van der Waals surface area contributed by atoms with Gasteiger partial charge in [0.25, 0.3) is 0 Å². The first kappa shape index (κ1) is 15.6. The second-order valence-corrected chi connectivity index (χ2v) is 5.99. The van der Waals surface area contributed by atoms with Crippen LogP contribution in [0.15, 0.2) is 24.5 Å². The maximum absolute atomic E-state index is 13.9. The highest BCUT2D eigenvalue weighted by Gasteiger charge is 2.36. The fraction of sp³-hybridized carbons (Fsp3) is 0.438. The molecule has 1 aliphatic rings. The van der Waals surface area contributed by atoms with Crippen LogP contribution >= 0.6 is 0 Å². The Kier molecular flexibility index (Phi) is 4.38. The first-order chi connectivity index (χ1) is 11.1. The van der Waals surface area contributed by atoms with Gasteiger partial charge in [-0.15, -0.1) is 0 Å². The van der Waals surface area contributed by atoms with E-state index in [2.05, 4.69) is 20.5 Å². The minimum Gasteiger partial charge on any atom is -0.377 e. The van der Waals surface area contributed by atoms with Gasteiger partial charge >= 0.3 is 0 Å². The van der Waals surface area contributed by atoms with Gasteiger partial charge in [0.05, 0.1) is 17.6 Å². The van der Waals surface area contributed by atoms with E-state index in [-0.39, 0.29) is 29.4 Å². The average Bonchev–Trinajstić information content (AvgIpc) is 3.20. The van der Waals surface area contributed by atoms with Gasteiger partial charge < -0.3 is 10.1 Å². The number of carbonyl (C=O) groups is 1. The highest BCUT2D eigenvalue weighted by atomic mass is 19.1. The highest BCUT2D eigenvalue weighted by molar-refractivity contribution is 5.93. The number of rotatable bonds is 4. The number of hydrogen-bond donors (Lipinski definition) is 2. The van der Waals surface area contributed by atoms with E-state index in [1.54, 1.807) is 6.07 Å². The van der Waals surface area contributed by atoms with Crippen molar-refractivity contribution in [1.82, 2.24) is 15.2 Å². The number of halogens is 1. The Balaban J connectivity index is 1.78. The quantitative estimate of drug-likeness (QED) is 0.908. The van der Waals surface area contributed by atoms with Crippen LogP contribution in [0.5, 0.6) is 0 Å². The number of anilines is 1. The second kappa shape index (κ2) is 6.45. The third-order valence-electron chi connectivity index (χ3n) is 4.03. The van der Waals surface area contributed by atoms with E-state index in [0.717, 1.165) is 0 Å². The Morgan fingerprint density at radius 3 is 3.00 bits per heavy atom. The summed E-state index contributed by atoms with van der Waals surface area (Å²) in [7, 11) is 0. The summed E-state index contributed by atoms with van der Waals surface area (Å²) in [5, 5.41) is 9.18. The number of H-pyrrole nitrogens is 1. The second-order valence-electron chi connectivity index (χ2n) is 5.99. The highest BCUT2D eigenvalue weighted by Crippen LogP contribution is 2.29. The molecule has 2 unspecified atom stereocenters. The summed E-state index contributed by atoms with van der Waals surface area (Å²) in [5.74, 6) is -0.122. The van der Waals surface area contributed by atoms with E-state index in [0.29, 0.717) is 24.5 Å². The molecule has 6 nitrogen and oxygen atoms in total. The molecular weight excluding hydrogens is 299 g/mol. The van der Waals surface area contributed by atoms with E-state index in [1.165, 1.54) is 18.5 Å². The SMILES string of the molecule is CC(C)C1OCCC1C(=O)Nc1ccc(F)c(-c2ncn[nH]2)c1. The zero-order chi connectivity index (χ0) is 16.4. The number of carbonyl (C=O) groups excluding carboxylic acids is 1. The Hall–Kier alpha value is -2.28. The Labute approximate surface area is 133 Å². The lowest BCUT2D eigenvalue weighted by Gasteiger charge is -2.21. The molecule has 0 saturated carbocycles. The van der Waals surface area contributed by atoms with Gasteiger partial charge in [-0.05, 0) is 30.5 Å². The van der Waals surface area contributed by atoms with Crippen LogP contribution in [0.4, 0.5) is 10.1 Å². The maximum Gasteiger partial charge on any atom is 0.230 e. The summed E-state index contributed by atoms with van der Waals surface area (Å²) < 4.78 is 19.6. The van der Waals surface area contributed by atoms with E-state index in [1.807, 2.05) is 13.8 Å². The summed E-state index contributed by atoms with van der Waals surface area (Å²) in [4.78, 5) is 16.4. The Morgan fingerprint density at radius 2 is 2.30 bits per heavy atom. The van der Waals surface area contributed by atoms with Crippen molar-refractivity contribution in [3.05, 3.63) is 30.3 Å². The Morgan fingerprint density at radius 1 is 1.48 bits per heavy atom. The molecule has 0 spiro atoms. The third-order valence-corrected chi connectivity index (χ3v) is 4.03. The summed E-state index contributed by atoms with van der Waals surface area (Å²) in [5.41, 5.74) is 0.792. The van der Waals surface area contributed by atoms with Crippen molar-refractivity contribution < 1.29 is 13.9 Å². The minimum absolute atomic E-state index is 0.0795. The molecule has 122 valence electrons. The van der Waals surface area contributed by atoms with Crippen LogP contribution in [0.3, 0.4) is 0 Å². The molecule has 2 aromatic rings. The molecule has 1 aromatic heterocycles. The molecule has 1 aromatic carbocycles. The van der Waals surface area contributed by atoms with Crippen molar-refractivity contribution in [2.45, 2.75) is 26.4 Å². The molecule has 1 amide bonds. The molecule has 0 radical (unpaired) electrons. The molecule has 0 bridgehead atoms. The van der Waals surface area contributed by atoms with Gasteiger partial charge in [0.2, 0.25) is 5.91 Å². The molecule has 2 N–H and O–H groups in total. The van der Waals surface area contributed by atoms with Crippen molar-refractivity contribution in [1.29, 1.82) is 0 Å². The molecule has 1 saturated heterocycles. The van der Waals surface area contributed by atoms with E-state index < -0.39 is 5.82 Å². The molecule has 1 fully saturated rings. The number of ether oxygens (including phenoxy) is 1. The largest absolute Gasteiger partial charge is 0.377 e. The fourth-order valence-electron chi connectivity index (χ4n) is 2.90. The number of amides is 1. The van der Waals surface area contributed by atoms with Gasteiger partial charge in [-0.25, -0.2) is 9.37 Å². The summed E-state index contributed by atoms with van der Waals surface area (Å²) in [6.07, 6.45) is 1.93. The smallest absolute Gasteiger partial charge is 0.230 e. The number of aromatic amines is 1. The monoisotopic (exact) mass is 318 g/mol. The zero-order valence-electron chi connectivity index (χ0n) is 13.0. The van der Waals surface area contributed by atoms with Crippen LogP contribution in [0.25, 0.3) is 11.4 Å². The van der Waals surface area contributed by atoms with Gasteiger partial charge in [-0.2, -0.15) is 5.10 Å². The van der Waals surface area contributed by atoms with Gasteiger partial charge in [0.15, 0.2) is 5.82 Å². The van der Waals surface area contributed by atoms with Crippen molar-refractivity contribution in [2.24, 2.45) is 11.8 Å². The van der Waals surface area contributed by atoms with Gasteiger partial charge in [-0.1, -0.05) is 13.8 Å². The van der Waals surface area contributed by atoms with Crippen LogP contribution in [0.1, 0.15) is 20.3 Å². The van der Waals surface area contributed by atoms with Gasteiger partial charge in [-0.3, -0.25) is 9.89 Å². The topological polar surface area (TPSA) is 79.9 Å². The van der Waals surface area contributed by atoms with E-state index >= 15 is 0 Å². The summed E-state index contributed by atoms with van der Waals surface area (Å²) >= 11 is 0. The number of benzene rings is 1.